The highest BCUT2D eigenvalue weighted by atomic mass is 16.5. The SMILES string of the molecule is CCOc1cc(C(=O)N(CN2CCCC2=O)c2ccc(C(N)=O)cc2)cc(OCC)c1OCC. The van der Waals surface area contributed by atoms with Crippen molar-refractivity contribution in [3.63, 3.8) is 0 Å². The summed E-state index contributed by atoms with van der Waals surface area (Å²) in [5.41, 5.74) is 6.53. The number of nitrogens with two attached hydrogens (primary N) is 1. The molecule has 0 saturated carbocycles. The zero-order chi connectivity index (χ0) is 24.7. The van der Waals surface area contributed by atoms with Crippen molar-refractivity contribution in [2.45, 2.75) is 33.6 Å². The van der Waals surface area contributed by atoms with Crippen LogP contribution in [0.25, 0.3) is 0 Å². The number of primary amides is 1. The van der Waals surface area contributed by atoms with Gasteiger partial charge in [-0.2, -0.15) is 0 Å². The summed E-state index contributed by atoms with van der Waals surface area (Å²) in [5.74, 6) is 0.322. The fourth-order valence-electron chi connectivity index (χ4n) is 3.76. The molecule has 1 aliphatic rings. The van der Waals surface area contributed by atoms with E-state index in [0.29, 0.717) is 66.8 Å². The number of benzene rings is 2. The molecule has 1 saturated heterocycles. The van der Waals surface area contributed by atoms with Gasteiger partial charge in [-0.1, -0.05) is 0 Å². The van der Waals surface area contributed by atoms with E-state index in [1.54, 1.807) is 41.3 Å². The van der Waals surface area contributed by atoms with E-state index in [1.807, 2.05) is 20.8 Å². The first-order valence-electron chi connectivity index (χ1n) is 11.4. The van der Waals surface area contributed by atoms with Gasteiger partial charge in [0.2, 0.25) is 17.6 Å². The van der Waals surface area contributed by atoms with Gasteiger partial charge in [0.1, 0.15) is 6.67 Å². The van der Waals surface area contributed by atoms with Gasteiger partial charge in [0, 0.05) is 29.8 Å². The highest BCUT2D eigenvalue weighted by molar-refractivity contribution is 6.07. The monoisotopic (exact) mass is 469 g/mol. The molecule has 0 aromatic heterocycles. The van der Waals surface area contributed by atoms with Crippen molar-refractivity contribution in [1.82, 2.24) is 4.90 Å². The van der Waals surface area contributed by atoms with Crippen LogP contribution in [0, 0.1) is 0 Å². The summed E-state index contributed by atoms with van der Waals surface area (Å²) in [5, 5.41) is 0. The average molecular weight is 470 g/mol. The molecule has 2 aromatic rings. The number of rotatable bonds is 11. The number of likely N-dealkylation sites (tertiary alicyclic amines) is 1. The Hall–Kier alpha value is -3.75. The number of amides is 3. The number of nitrogens with zero attached hydrogens (tertiary/aromatic N) is 2. The lowest BCUT2D eigenvalue weighted by Crippen LogP contribution is -2.42. The van der Waals surface area contributed by atoms with Crippen LogP contribution < -0.4 is 24.8 Å². The van der Waals surface area contributed by atoms with E-state index in [2.05, 4.69) is 0 Å². The van der Waals surface area contributed by atoms with Crippen molar-refractivity contribution in [3.8, 4) is 17.2 Å². The van der Waals surface area contributed by atoms with Crippen LogP contribution in [0.2, 0.25) is 0 Å². The van der Waals surface area contributed by atoms with Gasteiger partial charge in [-0.25, -0.2) is 0 Å². The summed E-state index contributed by atoms with van der Waals surface area (Å²) < 4.78 is 17.2. The molecule has 0 aliphatic carbocycles. The molecule has 0 atom stereocenters. The summed E-state index contributed by atoms with van der Waals surface area (Å²) in [6.45, 7) is 7.35. The average Bonchev–Trinajstić information content (AvgIpc) is 3.23. The summed E-state index contributed by atoms with van der Waals surface area (Å²) in [7, 11) is 0. The fourth-order valence-corrected chi connectivity index (χ4v) is 3.76. The quantitative estimate of drug-likeness (QED) is 0.541. The van der Waals surface area contributed by atoms with Crippen LogP contribution in [0.15, 0.2) is 36.4 Å². The molecular weight excluding hydrogens is 438 g/mol. The second-order valence-electron chi connectivity index (χ2n) is 7.65. The summed E-state index contributed by atoms with van der Waals surface area (Å²) in [4.78, 5) is 40.7. The maximum Gasteiger partial charge on any atom is 0.260 e. The highest BCUT2D eigenvalue weighted by Crippen LogP contribution is 2.39. The van der Waals surface area contributed by atoms with Gasteiger partial charge in [0.15, 0.2) is 11.5 Å². The zero-order valence-electron chi connectivity index (χ0n) is 19.8. The maximum atomic E-state index is 13.8. The van der Waals surface area contributed by atoms with Crippen LogP contribution >= 0.6 is 0 Å². The minimum Gasteiger partial charge on any atom is -0.490 e. The van der Waals surface area contributed by atoms with E-state index in [-0.39, 0.29) is 18.5 Å². The lowest BCUT2D eigenvalue weighted by Gasteiger charge is -2.28. The topological polar surface area (TPSA) is 111 Å². The van der Waals surface area contributed by atoms with E-state index in [0.717, 1.165) is 6.42 Å². The number of hydrogen-bond acceptors (Lipinski definition) is 6. The van der Waals surface area contributed by atoms with Crippen molar-refractivity contribution < 1.29 is 28.6 Å². The number of anilines is 1. The van der Waals surface area contributed by atoms with Gasteiger partial charge in [-0.3, -0.25) is 19.3 Å². The lowest BCUT2D eigenvalue weighted by atomic mass is 10.1. The van der Waals surface area contributed by atoms with Gasteiger partial charge in [0.05, 0.1) is 19.8 Å². The maximum absolute atomic E-state index is 13.8. The van der Waals surface area contributed by atoms with E-state index >= 15 is 0 Å². The first-order valence-corrected chi connectivity index (χ1v) is 11.4. The fraction of sp³-hybridized carbons (Fsp3) is 0.400. The number of carbonyl (C=O) groups is 3. The molecule has 9 heteroatoms. The minimum absolute atomic E-state index is 0.0109. The predicted octanol–water partition coefficient (Wildman–Crippen LogP) is 3.21. The molecular formula is C25H31N3O6. The number of hydrogen-bond donors (Lipinski definition) is 1. The standard InChI is InChI=1S/C25H31N3O6/c1-4-32-20-14-18(15-21(33-5-2)23(20)34-6-3)25(31)28(16-27-13-7-8-22(27)29)19-11-9-17(10-12-19)24(26)30/h9-12,14-15H,4-8,13,16H2,1-3H3,(H2,26,30). The molecule has 34 heavy (non-hydrogen) atoms. The lowest BCUT2D eigenvalue weighted by molar-refractivity contribution is -0.127. The minimum atomic E-state index is -0.562. The van der Waals surface area contributed by atoms with E-state index < -0.39 is 5.91 Å². The largest absolute Gasteiger partial charge is 0.490 e. The molecule has 0 spiro atoms. The highest BCUT2D eigenvalue weighted by Gasteiger charge is 2.28. The van der Waals surface area contributed by atoms with Gasteiger partial charge >= 0.3 is 0 Å². The first-order chi connectivity index (χ1) is 16.4. The van der Waals surface area contributed by atoms with Crippen LogP contribution in [0.4, 0.5) is 5.69 Å². The van der Waals surface area contributed by atoms with E-state index in [1.165, 1.54) is 4.90 Å². The number of ether oxygens (including phenoxy) is 3. The Kier molecular flexibility index (Phi) is 8.34. The van der Waals surface area contributed by atoms with Crippen molar-refractivity contribution in [2.24, 2.45) is 5.73 Å². The molecule has 182 valence electrons. The molecule has 0 radical (unpaired) electrons. The molecule has 1 fully saturated rings. The van der Waals surface area contributed by atoms with E-state index in [4.69, 9.17) is 19.9 Å². The Bertz CT molecular complexity index is 1010. The Morgan fingerprint density at radius 3 is 2.00 bits per heavy atom. The normalized spacial score (nSPS) is 13.0. The molecule has 9 nitrogen and oxygen atoms in total. The van der Waals surface area contributed by atoms with Gasteiger partial charge in [-0.15, -0.1) is 0 Å². The van der Waals surface area contributed by atoms with E-state index in [9.17, 15) is 14.4 Å². The Labute approximate surface area is 199 Å². The molecule has 2 N–H and O–H groups in total. The Balaban J connectivity index is 2.05. The van der Waals surface area contributed by atoms with Crippen LogP contribution in [0.1, 0.15) is 54.3 Å². The molecule has 1 heterocycles. The Morgan fingerprint density at radius 1 is 0.941 bits per heavy atom. The zero-order valence-corrected chi connectivity index (χ0v) is 19.8. The molecule has 3 rings (SSSR count). The van der Waals surface area contributed by atoms with Crippen molar-refractivity contribution in [3.05, 3.63) is 47.5 Å². The van der Waals surface area contributed by atoms with Crippen LogP contribution in [-0.4, -0.2) is 55.7 Å². The van der Waals surface area contributed by atoms with Gasteiger partial charge in [-0.05, 0) is 63.6 Å². The second kappa shape index (κ2) is 11.4. The van der Waals surface area contributed by atoms with Crippen LogP contribution in [0.3, 0.4) is 0 Å². The molecule has 3 amide bonds. The van der Waals surface area contributed by atoms with Crippen LogP contribution in [0.5, 0.6) is 17.2 Å². The predicted molar refractivity (Wildman–Crippen MR) is 128 cm³/mol. The molecule has 0 bridgehead atoms. The third-order valence-corrected chi connectivity index (χ3v) is 5.35. The smallest absolute Gasteiger partial charge is 0.260 e. The first kappa shape index (κ1) is 24.9. The summed E-state index contributed by atoms with van der Waals surface area (Å²) in [6, 6.07) is 9.63. The summed E-state index contributed by atoms with van der Waals surface area (Å²) >= 11 is 0. The summed E-state index contributed by atoms with van der Waals surface area (Å²) in [6.07, 6.45) is 1.20. The molecule has 0 unspecified atom stereocenters. The number of carbonyl (C=O) groups excluding carboxylic acids is 3. The Morgan fingerprint density at radius 2 is 1.53 bits per heavy atom. The third kappa shape index (κ3) is 5.59. The second-order valence-corrected chi connectivity index (χ2v) is 7.65. The van der Waals surface area contributed by atoms with Crippen molar-refractivity contribution in [2.75, 3.05) is 37.9 Å². The van der Waals surface area contributed by atoms with Crippen molar-refractivity contribution in [1.29, 1.82) is 0 Å². The van der Waals surface area contributed by atoms with Crippen LogP contribution in [-0.2, 0) is 4.79 Å². The van der Waals surface area contributed by atoms with Gasteiger partial charge < -0.3 is 24.8 Å². The van der Waals surface area contributed by atoms with Gasteiger partial charge in [0.25, 0.3) is 5.91 Å². The molecule has 1 aliphatic heterocycles. The molecule has 2 aromatic carbocycles. The third-order valence-electron chi connectivity index (χ3n) is 5.35. The van der Waals surface area contributed by atoms with Crippen molar-refractivity contribution >= 4 is 23.4 Å².